The second-order valence-corrected chi connectivity index (χ2v) is 3.37. The molecule has 0 aromatic heterocycles. The number of hydrogen-bond donors (Lipinski definition) is 0. The lowest BCUT2D eigenvalue weighted by Gasteiger charge is -1.95. The van der Waals surface area contributed by atoms with Crippen molar-refractivity contribution >= 4 is 22.0 Å². The van der Waals surface area contributed by atoms with Crippen LogP contribution in [0.5, 0.6) is 0 Å². The third kappa shape index (κ3) is 4.86. The summed E-state index contributed by atoms with van der Waals surface area (Å²) in [5, 5.41) is 0.895. The van der Waals surface area contributed by atoms with Crippen LogP contribution in [0.15, 0.2) is 36.4 Å². The van der Waals surface area contributed by atoms with E-state index in [4.69, 9.17) is 4.74 Å². The summed E-state index contributed by atoms with van der Waals surface area (Å²) in [6, 6.07) is 10.2. The summed E-state index contributed by atoms with van der Waals surface area (Å²) in [6.45, 7) is 1.44. The number of halogens is 1. The Kier molecular flexibility index (Phi) is 5.54. The molecule has 0 atom stereocenters. The van der Waals surface area contributed by atoms with Crippen LogP contribution in [0.3, 0.4) is 0 Å². The van der Waals surface area contributed by atoms with Gasteiger partial charge >= 0.3 is 0 Å². The summed E-state index contributed by atoms with van der Waals surface area (Å²) >= 11 is 3.30. The molecule has 70 valence electrons. The van der Waals surface area contributed by atoms with Crippen LogP contribution in [0.1, 0.15) is 5.56 Å². The Labute approximate surface area is 87.5 Å². The lowest BCUT2D eigenvalue weighted by atomic mass is 10.2. The molecule has 0 aliphatic heterocycles. The number of alkyl halides is 1. The third-order valence-electron chi connectivity index (χ3n) is 1.55. The van der Waals surface area contributed by atoms with E-state index in [2.05, 4.69) is 34.1 Å². The zero-order valence-corrected chi connectivity index (χ0v) is 9.03. The molecule has 0 N–H and O–H groups in total. The first-order chi connectivity index (χ1) is 6.43. The summed E-state index contributed by atoms with van der Waals surface area (Å²) in [7, 11) is 0. The molecule has 2 heteroatoms. The minimum Gasteiger partial charge on any atom is -0.377 e. The van der Waals surface area contributed by atoms with Gasteiger partial charge in [-0.2, -0.15) is 0 Å². The number of hydrogen-bond acceptors (Lipinski definition) is 1. The maximum atomic E-state index is 5.27. The summed E-state index contributed by atoms with van der Waals surface area (Å²) in [5.41, 5.74) is 1.21. The lowest BCUT2D eigenvalue weighted by molar-refractivity contribution is 0.181. The topological polar surface area (TPSA) is 9.23 Å². The van der Waals surface area contributed by atoms with Crippen molar-refractivity contribution in [1.82, 2.24) is 0 Å². The van der Waals surface area contributed by atoms with Gasteiger partial charge in [-0.15, -0.1) is 0 Å². The number of rotatable bonds is 5. The van der Waals surface area contributed by atoms with E-state index >= 15 is 0 Å². The van der Waals surface area contributed by atoms with E-state index in [0.29, 0.717) is 6.61 Å². The molecular weight excluding hydrogens is 228 g/mol. The lowest BCUT2D eigenvalue weighted by Crippen LogP contribution is -1.93. The molecule has 13 heavy (non-hydrogen) atoms. The van der Waals surface area contributed by atoms with Crippen LogP contribution < -0.4 is 0 Å². The van der Waals surface area contributed by atoms with Gasteiger partial charge in [-0.25, -0.2) is 0 Å². The zero-order valence-electron chi connectivity index (χ0n) is 7.45. The Morgan fingerprint density at radius 1 is 1.23 bits per heavy atom. The molecule has 0 bridgehead atoms. The highest BCUT2D eigenvalue weighted by Crippen LogP contribution is 2.00. The van der Waals surface area contributed by atoms with Crippen molar-refractivity contribution in [3.05, 3.63) is 42.0 Å². The van der Waals surface area contributed by atoms with E-state index in [-0.39, 0.29) is 0 Å². The third-order valence-corrected chi connectivity index (χ3v) is 1.87. The highest BCUT2D eigenvalue weighted by molar-refractivity contribution is 9.09. The Balaban J connectivity index is 2.25. The zero-order chi connectivity index (χ0) is 9.36. The average Bonchev–Trinajstić information content (AvgIpc) is 2.19. The van der Waals surface area contributed by atoms with Gasteiger partial charge in [0.1, 0.15) is 0 Å². The van der Waals surface area contributed by atoms with Crippen molar-refractivity contribution in [3.63, 3.8) is 0 Å². The van der Waals surface area contributed by atoms with Gasteiger partial charge in [-0.05, 0) is 5.56 Å². The fourth-order valence-corrected chi connectivity index (χ4v) is 1.18. The predicted molar refractivity (Wildman–Crippen MR) is 60.1 cm³/mol. The highest BCUT2D eigenvalue weighted by atomic mass is 79.9. The molecule has 0 amide bonds. The van der Waals surface area contributed by atoms with E-state index in [1.54, 1.807) is 0 Å². The van der Waals surface area contributed by atoms with Gasteiger partial charge in [0.05, 0.1) is 13.2 Å². The van der Waals surface area contributed by atoms with Crippen LogP contribution in [0.2, 0.25) is 0 Å². The standard InChI is InChI=1S/C11H13BrO/c12-8-10-13-9-4-7-11-5-2-1-3-6-11/h1-7H,8-10H2. The minimum absolute atomic E-state index is 0.681. The SMILES string of the molecule is BrCCOCC=Cc1ccccc1. The Morgan fingerprint density at radius 2 is 2.00 bits per heavy atom. The molecule has 1 aromatic rings. The quantitative estimate of drug-likeness (QED) is 0.568. The van der Waals surface area contributed by atoms with Crippen molar-refractivity contribution in [2.24, 2.45) is 0 Å². The maximum absolute atomic E-state index is 5.27. The van der Waals surface area contributed by atoms with Gasteiger partial charge < -0.3 is 4.74 Å². The molecule has 1 aromatic carbocycles. The average molecular weight is 241 g/mol. The van der Waals surface area contributed by atoms with Crippen LogP contribution in [0, 0.1) is 0 Å². The van der Waals surface area contributed by atoms with Crippen LogP contribution in [-0.2, 0) is 4.74 Å². The van der Waals surface area contributed by atoms with E-state index in [0.717, 1.165) is 11.9 Å². The summed E-state index contributed by atoms with van der Waals surface area (Å²) in [6.07, 6.45) is 4.09. The van der Waals surface area contributed by atoms with Crippen LogP contribution >= 0.6 is 15.9 Å². The molecule has 0 saturated heterocycles. The normalized spacial score (nSPS) is 10.8. The van der Waals surface area contributed by atoms with Crippen molar-refractivity contribution in [2.75, 3.05) is 18.5 Å². The Bertz CT molecular complexity index is 244. The molecule has 0 spiro atoms. The molecule has 1 rings (SSSR count). The second kappa shape index (κ2) is 6.87. The molecule has 0 unspecified atom stereocenters. The van der Waals surface area contributed by atoms with Crippen LogP contribution in [0.25, 0.3) is 6.08 Å². The monoisotopic (exact) mass is 240 g/mol. The first-order valence-electron chi connectivity index (χ1n) is 4.29. The van der Waals surface area contributed by atoms with Crippen molar-refractivity contribution in [1.29, 1.82) is 0 Å². The van der Waals surface area contributed by atoms with Crippen molar-refractivity contribution in [3.8, 4) is 0 Å². The maximum Gasteiger partial charge on any atom is 0.0651 e. The fraction of sp³-hybridized carbons (Fsp3) is 0.273. The second-order valence-electron chi connectivity index (χ2n) is 2.58. The summed E-state index contributed by atoms with van der Waals surface area (Å²) in [5.74, 6) is 0. The number of ether oxygens (including phenoxy) is 1. The van der Waals surface area contributed by atoms with E-state index in [9.17, 15) is 0 Å². The van der Waals surface area contributed by atoms with E-state index in [1.165, 1.54) is 5.56 Å². The molecule has 0 saturated carbocycles. The molecule has 0 aliphatic rings. The molecule has 1 nitrogen and oxygen atoms in total. The molecular formula is C11H13BrO. The number of benzene rings is 1. The van der Waals surface area contributed by atoms with Gasteiger partial charge in [-0.1, -0.05) is 58.4 Å². The predicted octanol–water partition coefficient (Wildman–Crippen LogP) is 3.11. The summed E-state index contributed by atoms with van der Waals surface area (Å²) < 4.78 is 5.27. The van der Waals surface area contributed by atoms with Crippen LogP contribution in [0.4, 0.5) is 0 Å². The van der Waals surface area contributed by atoms with E-state index < -0.39 is 0 Å². The van der Waals surface area contributed by atoms with Gasteiger partial charge in [0.15, 0.2) is 0 Å². The Hall–Kier alpha value is -0.600. The molecule has 0 aliphatic carbocycles. The van der Waals surface area contributed by atoms with Crippen LogP contribution in [-0.4, -0.2) is 18.5 Å². The first kappa shape index (κ1) is 10.5. The fourth-order valence-electron chi connectivity index (χ4n) is 0.954. The minimum atomic E-state index is 0.681. The molecule has 0 radical (unpaired) electrons. The first-order valence-corrected chi connectivity index (χ1v) is 5.41. The van der Waals surface area contributed by atoms with Gasteiger partial charge in [-0.3, -0.25) is 0 Å². The Morgan fingerprint density at radius 3 is 2.69 bits per heavy atom. The summed E-state index contributed by atoms with van der Waals surface area (Å²) in [4.78, 5) is 0. The van der Waals surface area contributed by atoms with Gasteiger partial charge in [0.25, 0.3) is 0 Å². The van der Waals surface area contributed by atoms with Gasteiger partial charge in [0.2, 0.25) is 0 Å². The van der Waals surface area contributed by atoms with Crippen molar-refractivity contribution < 1.29 is 4.74 Å². The van der Waals surface area contributed by atoms with Crippen molar-refractivity contribution in [2.45, 2.75) is 0 Å². The highest BCUT2D eigenvalue weighted by Gasteiger charge is 1.83. The molecule has 0 fully saturated rings. The molecule has 0 heterocycles. The van der Waals surface area contributed by atoms with E-state index in [1.807, 2.05) is 24.3 Å². The largest absolute Gasteiger partial charge is 0.377 e. The van der Waals surface area contributed by atoms with Gasteiger partial charge in [0, 0.05) is 5.33 Å². The smallest absolute Gasteiger partial charge is 0.0651 e.